The van der Waals surface area contributed by atoms with Crippen molar-refractivity contribution in [2.75, 3.05) is 25.6 Å². The van der Waals surface area contributed by atoms with Crippen molar-refractivity contribution in [2.45, 2.75) is 26.4 Å². The van der Waals surface area contributed by atoms with Crippen LogP contribution in [0.1, 0.15) is 20.3 Å². The summed E-state index contributed by atoms with van der Waals surface area (Å²) in [5, 5.41) is 7.10. The van der Waals surface area contributed by atoms with E-state index >= 15 is 0 Å². The molecule has 0 amide bonds. The smallest absolute Gasteiger partial charge is 0.333 e. The number of carbonyl (C=O) groups excluding carboxylic acids is 1. The number of anilines is 1. The van der Waals surface area contributed by atoms with E-state index in [1.807, 2.05) is 36.4 Å². The van der Waals surface area contributed by atoms with Crippen molar-refractivity contribution in [1.29, 1.82) is 0 Å². The Morgan fingerprint density at radius 1 is 1.23 bits per heavy atom. The fourth-order valence-corrected chi connectivity index (χ4v) is 3.96. The number of hydrogen-bond donors (Lipinski definition) is 2. The molecule has 4 rings (SSSR count). The van der Waals surface area contributed by atoms with Crippen LogP contribution in [0.2, 0.25) is 5.02 Å². The van der Waals surface area contributed by atoms with Crippen LogP contribution >= 0.6 is 11.6 Å². The molecule has 2 aromatic rings. The molecule has 2 unspecified atom stereocenters. The minimum Gasteiger partial charge on any atom is -0.493 e. The third-order valence-electron chi connectivity index (χ3n) is 5.48. The molecule has 0 radical (unpaired) electrons. The molecule has 2 aliphatic rings. The maximum Gasteiger partial charge on any atom is 0.333 e. The van der Waals surface area contributed by atoms with Gasteiger partial charge in [0.25, 0.3) is 0 Å². The van der Waals surface area contributed by atoms with Gasteiger partial charge >= 0.3 is 5.97 Å². The van der Waals surface area contributed by atoms with Crippen LogP contribution in [0.5, 0.6) is 17.2 Å². The highest BCUT2D eigenvalue weighted by Crippen LogP contribution is 2.33. The first-order valence-corrected chi connectivity index (χ1v) is 11.9. The van der Waals surface area contributed by atoms with Crippen molar-refractivity contribution in [1.82, 2.24) is 5.32 Å². The second-order valence-electron chi connectivity index (χ2n) is 8.69. The molecule has 2 N–H and O–H groups in total. The Morgan fingerprint density at radius 2 is 2.06 bits per heavy atom. The zero-order valence-electron chi connectivity index (χ0n) is 20.0. The number of methoxy groups -OCH3 is 1. The molecule has 0 fully saturated rings. The molecule has 8 nitrogen and oxygen atoms in total. The van der Waals surface area contributed by atoms with Gasteiger partial charge in [0.2, 0.25) is 0 Å². The van der Waals surface area contributed by atoms with E-state index in [4.69, 9.17) is 25.8 Å². The van der Waals surface area contributed by atoms with E-state index in [2.05, 4.69) is 34.5 Å². The van der Waals surface area contributed by atoms with Gasteiger partial charge in [-0.15, -0.1) is 0 Å². The maximum atomic E-state index is 12.1. The zero-order valence-corrected chi connectivity index (χ0v) is 20.7. The normalized spacial score (nSPS) is 19.2. The highest BCUT2D eigenvalue weighted by Gasteiger charge is 2.30. The van der Waals surface area contributed by atoms with E-state index in [1.165, 1.54) is 13.4 Å². The number of hydrogen-bond acceptors (Lipinski definition) is 8. The average molecular weight is 497 g/mol. The third-order valence-corrected chi connectivity index (χ3v) is 5.77. The number of fused-ring (bicyclic) bond motifs is 1. The molecule has 2 aliphatic heterocycles. The molecule has 0 aromatic heterocycles. The van der Waals surface area contributed by atoms with E-state index in [-0.39, 0.29) is 18.1 Å². The Hall–Kier alpha value is -3.36. The van der Waals surface area contributed by atoms with E-state index in [0.717, 1.165) is 11.4 Å². The van der Waals surface area contributed by atoms with Crippen molar-refractivity contribution < 1.29 is 19.0 Å². The van der Waals surface area contributed by atoms with Gasteiger partial charge in [0.15, 0.2) is 0 Å². The molecule has 9 heteroatoms. The molecule has 0 aliphatic carbocycles. The molecule has 2 aromatic carbocycles. The number of carbonyl (C=O) groups is 1. The van der Waals surface area contributed by atoms with Crippen molar-refractivity contribution in [3.63, 3.8) is 0 Å². The lowest BCUT2D eigenvalue weighted by Crippen LogP contribution is -2.41. The fourth-order valence-electron chi connectivity index (χ4n) is 3.74. The summed E-state index contributed by atoms with van der Waals surface area (Å²) < 4.78 is 16.7. The second kappa shape index (κ2) is 11.4. The highest BCUT2D eigenvalue weighted by molar-refractivity contribution is 6.32. The lowest BCUT2D eigenvalue weighted by Gasteiger charge is -2.25. The van der Waals surface area contributed by atoms with Crippen LogP contribution in [0.3, 0.4) is 0 Å². The number of nitrogens with one attached hydrogen (secondary N) is 2. The predicted molar refractivity (Wildman–Crippen MR) is 138 cm³/mol. The van der Waals surface area contributed by atoms with Crippen molar-refractivity contribution in [3.05, 3.63) is 59.1 Å². The molecular weight excluding hydrogens is 468 g/mol. The Kier molecular flexibility index (Phi) is 8.05. The first-order valence-electron chi connectivity index (χ1n) is 11.5. The average Bonchev–Trinajstić information content (AvgIpc) is 3.08. The van der Waals surface area contributed by atoms with Gasteiger partial charge in [-0.05, 0) is 42.7 Å². The summed E-state index contributed by atoms with van der Waals surface area (Å²) in [7, 11) is 1.38. The van der Waals surface area contributed by atoms with Gasteiger partial charge in [0.05, 0.1) is 24.7 Å². The summed E-state index contributed by atoms with van der Waals surface area (Å²) in [4.78, 5) is 21.0. The van der Waals surface area contributed by atoms with Crippen LogP contribution in [0.4, 0.5) is 5.69 Å². The predicted octanol–water partition coefficient (Wildman–Crippen LogP) is 5.05. The van der Waals surface area contributed by atoms with E-state index < -0.39 is 0 Å². The molecule has 2 atom stereocenters. The molecular formula is C26H29ClN4O4. The van der Waals surface area contributed by atoms with Crippen LogP contribution < -0.4 is 20.1 Å². The molecule has 2 heterocycles. The number of benzene rings is 2. The van der Waals surface area contributed by atoms with Crippen LogP contribution in [0.25, 0.3) is 0 Å². The van der Waals surface area contributed by atoms with Crippen LogP contribution in [-0.2, 0) is 9.53 Å². The van der Waals surface area contributed by atoms with Gasteiger partial charge in [-0.2, -0.15) is 0 Å². The fraction of sp³-hybridized carbons (Fsp3) is 0.346. The van der Waals surface area contributed by atoms with Crippen LogP contribution in [-0.4, -0.2) is 44.6 Å². The summed E-state index contributed by atoms with van der Waals surface area (Å²) in [6.45, 7) is 5.45. The first kappa shape index (κ1) is 24.8. The van der Waals surface area contributed by atoms with Crippen molar-refractivity contribution in [3.8, 4) is 17.2 Å². The van der Waals surface area contributed by atoms with Gasteiger partial charge < -0.3 is 19.5 Å². The number of ether oxygens (including phenoxy) is 3. The molecule has 0 saturated heterocycles. The Balaban J connectivity index is 1.48. The third kappa shape index (κ3) is 6.41. The summed E-state index contributed by atoms with van der Waals surface area (Å²) in [5.41, 5.74) is 1.34. The monoisotopic (exact) mass is 496 g/mol. The van der Waals surface area contributed by atoms with Gasteiger partial charge in [-0.3, -0.25) is 10.3 Å². The molecule has 35 heavy (non-hydrogen) atoms. The summed E-state index contributed by atoms with van der Waals surface area (Å²) in [5.74, 6) is 2.39. The lowest BCUT2D eigenvalue weighted by molar-refractivity contribution is -0.136. The molecule has 0 saturated carbocycles. The van der Waals surface area contributed by atoms with Gasteiger partial charge in [-0.25, -0.2) is 9.79 Å². The Labute approximate surface area is 210 Å². The number of aliphatic imine (C=N–C) groups is 2. The number of amidine groups is 1. The number of nitrogens with zero attached hydrogens (tertiary/aromatic N) is 2. The van der Waals surface area contributed by atoms with Gasteiger partial charge in [0.1, 0.15) is 35.6 Å². The van der Waals surface area contributed by atoms with E-state index in [9.17, 15) is 4.79 Å². The lowest BCUT2D eigenvalue weighted by atomic mass is 10.00. The van der Waals surface area contributed by atoms with Crippen molar-refractivity contribution >= 4 is 35.4 Å². The maximum absolute atomic E-state index is 12.1. The largest absolute Gasteiger partial charge is 0.493 e. The molecule has 184 valence electrons. The quantitative estimate of drug-likeness (QED) is 0.521. The van der Waals surface area contributed by atoms with Crippen molar-refractivity contribution in [2.24, 2.45) is 21.8 Å². The Bertz CT molecular complexity index is 1160. The van der Waals surface area contributed by atoms with Crippen LogP contribution in [0.15, 0.2) is 64.1 Å². The summed E-state index contributed by atoms with van der Waals surface area (Å²) >= 11 is 6.54. The number of halogens is 1. The summed E-state index contributed by atoms with van der Waals surface area (Å²) in [6.07, 6.45) is 3.72. The summed E-state index contributed by atoms with van der Waals surface area (Å²) in [6, 6.07) is 12.9. The minimum atomic E-state index is -0.343. The minimum absolute atomic E-state index is 0.222. The Morgan fingerprint density at radius 3 is 2.83 bits per heavy atom. The first-order chi connectivity index (χ1) is 16.9. The number of esters is 1. The number of rotatable bonds is 7. The van der Waals surface area contributed by atoms with Crippen LogP contribution in [0, 0.1) is 11.8 Å². The second-order valence-corrected chi connectivity index (χ2v) is 9.10. The standard InChI is InChI=1S/C26H29ClN4O4/c1-16(2)14-34-19-5-4-6-20(13-19)35-23-8-7-18(12-22(23)27)31-25-21-11-17(26(32)33-3)9-10-28-24(21)29-15-30-25/h4-8,11-13,15-16,21,24,28H,9-10,14H2,1-3H3,(H,29,30,31). The topological polar surface area (TPSA) is 93.5 Å². The zero-order chi connectivity index (χ0) is 24.8. The van der Waals surface area contributed by atoms with Gasteiger partial charge in [-0.1, -0.05) is 37.6 Å². The molecule has 0 bridgehead atoms. The van der Waals surface area contributed by atoms with E-state index in [1.54, 1.807) is 12.1 Å². The van der Waals surface area contributed by atoms with E-state index in [0.29, 0.717) is 53.4 Å². The molecule has 0 spiro atoms. The SMILES string of the molecule is COC(=O)C1=CC2C(Nc3ccc(Oc4cccc(OCC(C)C)c4)c(Cl)c3)=NC=NC2NCC1. The van der Waals surface area contributed by atoms with Gasteiger partial charge in [0, 0.05) is 23.9 Å². The highest BCUT2D eigenvalue weighted by atomic mass is 35.5.